The highest BCUT2D eigenvalue weighted by molar-refractivity contribution is 6.02. The average Bonchev–Trinajstić information content (AvgIpc) is 2.54. The summed E-state index contributed by atoms with van der Waals surface area (Å²) in [6.07, 6.45) is 1.54. The van der Waals surface area contributed by atoms with Gasteiger partial charge in [-0.3, -0.25) is 9.59 Å². The molecule has 2 rings (SSSR count). The normalized spacial score (nSPS) is 10.6. The molecule has 0 spiro atoms. The minimum absolute atomic E-state index is 0.134. The molecule has 0 bridgehead atoms. The van der Waals surface area contributed by atoms with Crippen LogP contribution in [0.25, 0.3) is 0 Å². The molecule has 1 aromatic heterocycles. The summed E-state index contributed by atoms with van der Waals surface area (Å²) in [5, 5.41) is 5.98. The molecule has 8 heteroatoms. The van der Waals surface area contributed by atoms with Gasteiger partial charge >= 0.3 is 0 Å². The Labute approximate surface area is 129 Å². The van der Waals surface area contributed by atoms with Gasteiger partial charge in [-0.25, -0.2) is 17.9 Å². The molecule has 0 fully saturated rings. The number of carbonyl (C=O) groups excluding carboxylic acids is 1. The minimum Gasteiger partial charge on any atom is -0.318 e. The van der Waals surface area contributed by atoms with Crippen molar-refractivity contribution in [1.29, 1.82) is 0 Å². The SMILES string of the molecule is CCCCn1nc(C(=O)Nc2ccc(F)c(F)c2F)ccc1=O. The van der Waals surface area contributed by atoms with Crippen molar-refractivity contribution in [3.05, 3.63) is 57.8 Å². The van der Waals surface area contributed by atoms with Gasteiger partial charge in [0.05, 0.1) is 5.69 Å². The number of amides is 1. The van der Waals surface area contributed by atoms with Crippen molar-refractivity contribution in [2.45, 2.75) is 26.3 Å². The second-order valence-electron chi connectivity index (χ2n) is 4.81. The van der Waals surface area contributed by atoms with E-state index in [1.807, 2.05) is 6.92 Å². The van der Waals surface area contributed by atoms with Crippen molar-refractivity contribution >= 4 is 11.6 Å². The van der Waals surface area contributed by atoms with Crippen LogP contribution in [0.4, 0.5) is 18.9 Å². The summed E-state index contributed by atoms with van der Waals surface area (Å²) >= 11 is 0. The molecule has 1 aromatic carbocycles. The lowest BCUT2D eigenvalue weighted by molar-refractivity contribution is 0.101. The molecule has 23 heavy (non-hydrogen) atoms. The van der Waals surface area contributed by atoms with Gasteiger partial charge < -0.3 is 5.32 Å². The molecule has 1 amide bonds. The summed E-state index contributed by atoms with van der Waals surface area (Å²) in [7, 11) is 0. The van der Waals surface area contributed by atoms with Gasteiger partial charge in [0.15, 0.2) is 17.5 Å². The van der Waals surface area contributed by atoms with E-state index in [4.69, 9.17) is 0 Å². The number of halogens is 3. The first-order valence-corrected chi connectivity index (χ1v) is 6.97. The fourth-order valence-electron chi connectivity index (χ4n) is 1.85. The standard InChI is InChI=1S/C15H14F3N3O2/c1-2-3-8-21-12(22)7-6-11(20-21)15(23)19-10-5-4-9(16)13(17)14(10)18/h4-7H,2-3,8H2,1H3,(H,19,23). The molecule has 0 aliphatic heterocycles. The van der Waals surface area contributed by atoms with Gasteiger partial charge in [0.1, 0.15) is 5.69 Å². The van der Waals surface area contributed by atoms with E-state index in [0.29, 0.717) is 19.0 Å². The van der Waals surface area contributed by atoms with Crippen molar-refractivity contribution in [1.82, 2.24) is 9.78 Å². The predicted molar refractivity (Wildman–Crippen MR) is 77.7 cm³/mol. The molecule has 0 aliphatic carbocycles. The maximum Gasteiger partial charge on any atom is 0.276 e. The van der Waals surface area contributed by atoms with E-state index in [-0.39, 0.29) is 11.3 Å². The van der Waals surface area contributed by atoms with Gasteiger partial charge in [-0.15, -0.1) is 0 Å². The molecule has 2 aromatic rings. The van der Waals surface area contributed by atoms with Crippen molar-refractivity contribution < 1.29 is 18.0 Å². The molecule has 122 valence electrons. The second-order valence-corrected chi connectivity index (χ2v) is 4.81. The third kappa shape index (κ3) is 3.77. The molecule has 0 radical (unpaired) electrons. The molecular weight excluding hydrogens is 311 g/mol. The van der Waals surface area contributed by atoms with Crippen LogP contribution in [0.15, 0.2) is 29.1 Å². The number of carbonyl (C=O) groups is 1. The molecule has 0 unspecified atom stereocenters. The van der Waals surface area contributed by atoms with Crippen LogP contribution in [0.5, 0.6) is 0 Å². The van der Waals surface area contributed by atoms with E-state index >= 15 is 0 Å². The predicted octanol–water partition coefficient (Wildman–Crippen LogP) is 2.71. The molecule has 5 nitrogen and oxygen atoms in total. The summed E-state index contributed by atoms with van der Waals surface area (Å²) in [6, 6.07) is 3.94. The zero-order valence-electron chi connectivity index (χ0n) is 12.3. The Morgan fingerprint density at radius 3 is 2.61 bits per heavy atom. The Morgan fingerprint density at radius 1 is 1.17 bits per heavy atom. The number of nitrogens with one attached hydrogen (secondary N) is 1. The highest BCUT2D eigenvalue weighted by Crippen LogP contribution is 2.19. The quantitative estimate of drug-likeness (QED) is 0.860. The van der Waals surface area contributed by atoms with Crippen LogP contribution < -0.4 is 10.9 Å². The zero-order chi connectivity index (χ0) is 17.0. The Hall–Kier alpha value is -2.64. The average molecular weight is 325 g/mol. The lowest BCUT2D eigenvalue weighted by Gasteiger charge is -2.08. The smallest absolute Gasteiger partial charge is 0.276 e. The van der Waals surface area contributed by atoms with E-state index < -0.39 is 29.0 Å². The van der Waals surface area contributed by atoms with Gasteiger partial charge in [-0.1, -0.05) is 13.3 Å². The van der Waals surface area contributed by atoms with Crippen LogP contribution in [0.1, 0.15) is 30.3 Å². The van der Waals surface area contributed by atoms with Gasteiger partial charge in [-0.2, -0.15) is 5.10 Å². The first kappa shape index (κ1) is 16.7. The maximum atomic E-state index is 13.5. The van der Waals surface area contributed by atoms with Gasteiger partial charge in [0.2, 0.25) is 0 Å². The van der Waals surface area contributed by atoms with Crippen LogP contribution in [-0.4, -0.2) is 15.7 Å². The van der Waals surface area contributed by atoms with Crippen LogP contribution in [0.3, 0.4) is 0 Å². The van der Waals surface area contributed by atoms with E-state index in [2.05, 4.69) is 10.4 Å². The first-order chi connectivity index (χ1) is 10.9. The number of hydrogen-bond acceptors (Lipinski definition) is 3. The molecule has 0 saturated carbocycles. The highest BCUT2D eigenvalue weighted by atomic mass is 19.2. The number of nitrogens with zero attached hydrogens (tertiary/aromatic N) is 2. The van der Waals surface area contributed by atoms with Crippen molar-refractivity contribution in [2.75, 3.05) is 5.32 Å². The molecule has 0 saturated heterocycles. The summed E-state index contributed by atoms with van der Waals surface area (Å²) in [5.74, 6) is -5.37. The third-order valence-electron chi connectivity index (χ3n) is 3.11. The molecular formula is C15H14F3N3O2. The Balaban J connectivity index is 2.24. The number of benzene rings is 1. The molecule has 1 heterocycles. The number of unbranched alkanes of at least 4 members (excludes halogenated alkanes) is 1. The number of anilines is 1. The van der Waals surface area contributed by atoms with Crippen LogP contribution in [0, 0.1) is 17.5 Å². The third-order valence-corrected chi connectivity index (χ3v) is 3.11. The van der Waals surface area contributed by atoms with Crippen LogP contribution in [-0.2, 0) is 6.54 Å². The van der Waals surface area contributed by atoms with E-state index in [9.17, 15) is 22.8 Å². The van der Waals surface area contributed by atoms with Gasteiger partial charge in [0.25, 0.3) is 11.5 Å². The van der Waals surface area contributed by atoms with Crippen molar-refractivity contribution in [2.24, 2.45) is 0 Å². The minimum atomic E-state index is -1.68. The van der Waals surface area contributed by atoms with E-state index in [1.165, 1.54) is 12.1 Å². The molecule has 0 aliphatic rings. The molecule has 0 atom stereocenters. The zero-order valence-corrected chi connectivity index (χ0v) is 12.3. The number of aryl methyl sites for hydroxylation is 1. The lowest BCUT2D eigenvalue weighted by Crippen LogP contribution is -2.26. The van der Waals surface area contributed by atoms with Gasteiger partial charge in [-0.05, 0) is 24.6 Å². The van der Waals surface area contributed by atoms with Crippen LogP contribution in [0.2, 0.25) is 0 Å². The summed E-state index contributed by atoms with van der Waals surface area (Å²) < 4.78 is 40.7. The summed E-state index contributed by atoms with van der Waals surface area (Å²) in [4.78, 5) is 23.6. The summed E-state index contributed by atoms with van der Waals surface area (Å²) in [5.41, 5.74) is -1.01. The highest BCUT2D eigenvalue weighted by Gasteiger charge is 2.17. The maximum absolute atomic E-state index is 13.5. The fraction of sp³-hybridized carbons (Fsp3) is 0.267. The topological polar surface area (TPSA) is 64.0 Å². The number of hydrogen-bond donors (Lipinski definition) is 1. The largest absolute Gasteiger partial charge is 0.318 e. The van der Waals surface area contributed by atoms with Crippen molar-refractivity contribution in [3.8, 4) is 0 Å². The first-order valence-electron chi connectivity index (χ1n) is 6.97. The molecule has 1 N–H and O–H groups in total. The van der Waals surface area contributed by atoms with E-state index in [0.717, 1.165) is 17.2 Å². The Morgan fingerprint density at radius 2 is 1.91 bits per heavy atom. The fourth-order valence-corrected chi connectivity index (χ4v) is 1.85. The van der Waals surface area contributed by atoms with Gasteiger partial charge in [0, 0.05) is 12.6 Å². The Kier molecular flexibility index (Phi) is 5.15. The monoisotopic (exact) mass is 325 g/mol. The van der Waals surface area contributed by atoms with E-state index in [1.54, 1.807) is 0 Å². The van der Waals surface area contributed by atoms with Crippen LogP contribution >= 0.6 is 0 Å². The lowest BCUT2D eigenvalue weighted by atomic mass is 10.2. The summed E-state index contributed by atoms with van der Waals surface area (Å²) in [6.45, 7) is 2.28. The second kappa shape index (κ2) is 7.08. The number of aromatic nitrogens is 2. The van der Waals surface area contributed by atoms with Crippen molar-refractivity contribution in [3.63, 3.8) is 0 Å². The number of rotatable bonds is 5. The Bertz CT molecular complexity index is 790.